The molecule has 3 rings (SSSR count). The summed E-state index contributed by atoms with van der Waals surface area (Å²) in [6.45, 7) is 4.00. The van der Waals surface area contributed by atoms with Crippen LogP contribution in [0, 0.1) is 0 Å². The number of ether oxygens (including phenoxy) is 1. The lowest BCUT2D eigenvalue weighted by atomic mass is 9.95. The van der Waals surface area contributed by atoms with Crippen molar-refractivity contribution >= 4 is 5.69 Å². The molecule has 0 unspecified atom stereocenters. The third kappa shape index (κ3) is 3.38. The minimum absolute atomic E-state index is 0.787. The molecule has 0 radical (unpaired) electrons. The van der Waals surface area contributed by atoms with E-state index < -0.39 is 0 Å². The maximum absolute atomic E-state index is 5.64. The summed E-state index contributed by atoms with van der Waals surface area (Å²) in [4.78, 5) is 0. The average Bonchev–Trinajstić information content (AvgIpc) is 2.55. The molecule has 0 saturated carbocycles. The Hall–Kier alpha value is -1.96. The summed E-state index contributed by atoms with van der Waals surface area (Å²) >= 11 is 0. The summed E-state index contributed by atoms with van der Waals surface area (Å²) in [5.74, 6) is 0.966. The molecule has 2 aromatic rings. The predicted octanol–water partition coefficient (Wildman–Crippen LogP) is 4.42. The molecule has 2 aromatic carbocycles. The molecule has 1 heterocycles. The zero-order chi connectivity index (χ0) is 14.5. The molecule has 0 fully saturated rings. The second-order valence-corrected chi connectivity index (χ2v) is 5.65. The highest BCUT2D eigenvalue weighted by Gasteiger charge is 2.12. The molecule has 0 saturated heterocycles. The van der Waals surface area contributed by atoms with E-state index in [4.69, 9.17) is 4.74 Å². The number of fused-ring (bicyclic) bond motifs is 1. The molecule has 1 N–H and O–H groups in total. The van der Waals surface area contributed by atoms with Crippen LogP contribution in [0.5, 0.6) is 5.75 Å². The van der Waals surface area contributed by atoms with Crippen molar-refractivity contribution in [3.05, 3.63) is 59.2 Å². The Bertz CT molecular complexity index is 589. The van der Waals surface area contributed by atoms with Gasteiger partial charge in [-0.25, -0.2) is 0 Å². The van der Waals surface area contributed by atoms with Crippen LogP contribution < -0.4 is 10.1 Å². The Morgan fingerprint density at radius 3 is 2.76 bits per heavy atom. The fraction of sp³-hybridized carbons (Fsp3) is 0.368. The van der Waals surface area contributed by atoms with Gasteiger partial charge in [0.2, 0.25) is 0 Å². The summed E-state index contributed by atoms with van der Waals surface area (Å²) in [6, 6.07) is 15.2. The van der Waals surface area contributed by atoms with E-state index in [0.717, 1.165) is 31.7 Å². The first-order chi connectivity index (χ1) is 10.4. The third-order valence-electron chi connectivity index (χ3n) is 3.95. The molecule has 0 aliphatic carbocycles. The molecular weight excluding hydrogens is 258 g/mol. The van der Waals surface area contributed by atoms with Crippen molar-refractivity contribution in [2.75, 3.05) is 18.5 Å². The van der Waals surface area contributed by atoms with Gasteiger partial charge in [-0.05, 0) is 54.5 Å². The van der Waals surface area contributed by atoms with Gasteiger partial charge in [-0.2, -0.15) is 0 Å². The van der Waals surface area contributed by atoms with Crippen LogP contribution in [0.2, 0.25) is 0 Å². The fourth-order valence-corrected chi connectivity index (χ4v) is 2.87. The molecule has 110 valence electrons. The van der Waals surface area contributed by atoms with Crippen LogP contribution in [-0.4, -0.2) is 13.2 Å². The lowest BCUT2D eigenvalue weighted by Crippen LogP contribution is -2.13. The van der Waals surface area contributed by atoms with Gasteiger partial charge >= 0.3 is 0 Å². The minimum Gasteiger partial charge on any atom is -0.494 e. The van der Waals surface area contributed by atoms with E-state index in [1.165, 1.54) is 35.2 Å². The van der Waals surface area contributed by atoms with Gasteiger partial charge in [0.25, 0.3) is 0 Å². The number of anilines is 1. The van der Waals surface area contributed by atoms with E-state index in [-0.39, 0.29) is 0 Å². The van der Waals surface area contributed by atoms with Crippen LogP contribution in [-0.2, 0) is 12.8 Å². The average molecular weight is 281 g/mol. The van der Waals surface area contributed by atoms with Crippen LogP contribution in [0.1, 0.15) is 36.5 Å². The van der Waals surface area contributed by atoms with E-state index in [0.29, 0.717) is 0 Å². The number of para-hydroxylation sites is 1. The summed E-state index contributed by atoms with van der Waals surface area (Å²) in [5, 5.41) is 3.57. The first-order valence-electron chi connectivity index (χ1n) is 7.93. The highest BCUT2D eigenvalue weighted by Crippen LogP contribution is 2.28. The smallest absolute Gasteiger partial charge is 0.119 e. The zero-order valence-corrected chi connectivity index (χ0v) is 12.7. The number of nitrogens with one attached hydrogen (secondary N) is 1. The van der Waals surface area contributed by atoms with Crippen molar-refractivity contribution in [3.8, 4) is 5.75 Å². The normalized spacial score (nSPS) is 13.4. The number of rotatable bonds is 5. The Balaban J connectivity index is 1.74. The van der Waals surface area contributed by atoms with Crippen molar-refractivity contribution in [3.63, 3.8) is 0 Å². The summed E-state index contributed by atoms with van der Waals surface area (Å²) in [7, 11) is 0. The highest BCUT2D eigenvalue weighted by molar-refractivity contribution is 5.60. The van der Waals surface area contributed by atoms with E-state index in [9.17, 15) is 0 Å². The van der Waals surface area contributed by atoms with Gasteiger partial charge in [0, 0.05) is 12.2 Å². The number of benzene rings is 2. The first-order valence-corrected chi connectivity index (χ1v) is 7.93. The van der Waals surface area contributed by atoms with Gasteiger partial charge in [-0.15, -0.1) is 0 Å². The molecular formula is C19H23NO. The van der Waals surface area contributed by atoms with Gasteiger partial charge in [0.15, 0.2) is 0 Å². The van der Waals surface area contributed by atoms with Gasteiger partial charge in [0.05, 0.1) is 6.61 Å². The van der Waals surface area contributed by atoms with Crippen molar-refractivity contribution in [1.82, 2.24) is 0 Å². The Labute approximate surface area is 127 Å². The standard InChI is InChI=1S/C19H23NO/c1-2-13-21-18-10-8-15(9-11-18)14-17-6-3-5-16-7-4-12-20-19(16)17/h3,5-6,8-11,20H,2,4,7,12-14H2,1H3. The highest BCUT2D eigenvalue weighted by atomic mass is 16.5. The van der Waals surface area contributed by atoms with Crippen LogP contribution in [0.4, 0.5) is 5.69 Å². The van der Waals surface area contributed by atoms with Gasteiger partial charge in [0.1, 0.15) is 5.75 Å². The number of aryl methyl sites for hydroxylation is 1. The van der Waals surface area contributed by atoms with Gasteiger partial charge in [-0.1, -0.05) is 37.3 Å². The van der Waals surface area contributed by atoms with Crippen molar-refractivity contribution in [2.45, 2.75) is 32.6 Å². The van der Waals surface area contributed by atoms with Crippen LogP contribution in [0.25, 0.3) is 0 Å². The molecule has 1 aliphatic heterocycles. The maximum atomic E-state index is 5.64. The van der Waals surface area contributed by atoms with Crippen molar-refractivity contribution in [2.24, 2.45) is 0 Å². The minimum atomic E-state index is 0.787. The van der Waals surface area contributed by atoms with Crippen molar-refractivity contribution < 1.29 is 4.74 Å². The topological polar surface area (TPSA) is 21.3 Å². The third-order valence-corrected chi connectivity index (χ3v) is 3.95. The first kappa shape index (κ1) is 14.0. The summed E-state index contributed by atoms with van der Waals surface area (Å²) < 4.78 is 5.64. The molecule has 0 atom stereocenters. The molecule has 21 heavy (non-hydrogen) atoms. The summed E-state index contributed by atoms with van der Waals surface area (Å²) in [5.41, 5.74) is 5.55. The molecule has 0 spiro atoms. The maximum Gasteiger partial charge on any atom is 0.119 e. The molecule has 0 bridgehead atoms. The van der Waals surface area contributed by atoms with Crippen LogP contribution >= 0.6 is 0 Å². The van der Waals surface area contributed by atoms with Gasteiger partial charge < -0.3 is 10.1 Å². The zero-order valence-electron chi connectivity index (χ0n) is 12.7. The molecule has 1 aliphatic rings. The van der Waals surface area contributed by atoms with Crippen LogP contribution in [0.15, 0.2) is 42.5 Å². The Kier molecular flexibility index (Phi) is 4.44. The molecule has 0 aromatic heterocycles. The molecule has 2 heteroatoms. The second-order valence-electron chi connectivity index (χ2n) is 5.65. The lowest BCUT2D eigenvalue weighted by Gasteiger charge is -2.21. The number of hydrogen-bond donors (Lipinski definition) is 1. The Morgan fingerprint density at radius 1 is 1.10 bits per heavy atom. The molecule has 2 nitrogen and oxygen atoms in total. The van der Waals surface area contributed by atoms with Gasteiger partial charge in [-0.3, -0.25) is 0 Å². The summed E-state index contributed by atoms with van der Waals surface area (Å²) in [6.07, 6.45) is 4.45. The van der Waals surface area contributed by atoms with E-state index in [1.807, 2.05) is 0 Å². The Morgan fingerprint density at radius 2 is 1.95 bits per heavy atom. The fourth-order valence-electron chi connectivity index (χ4n) is 2.87. The van der Waals surface area contributed by atoms with E-state index >= 15 is 0 Å². The van der Waals surface area contributed by atoms with Crippen LogP contribution in [0.3, 0.4) is 0 Å². The number of hydrogen-bond acceptors (Lipinski definition) is 2. The predicted molar refractivity (Wildman–Crippen MR) is 88.3 cm³/mol. The SMILES string of the molecule is CCCOc1ccc(Cc2cccc3c2NCCC3)cc1. The van der Waals surface area contributed by atoms with E-state index in [2.05, 4.69) is 54.7 Å². The monoisotopic (exact) mass is 281 g/mol. The molecule has 0 amide bonds. The largest absolute Gasteiger partial charge is 0.494 e. The quantitative estimate of drug-likeness (QED) is 0.875. The lowest BCUT2D eigenvalue weighted by molar-refractivity contribution is 0.317. The van der Waals surface area contributed by atoms with Crippen molar-refractivity contribution in [1.29, 1.82) is 0 Å². The second kappa shape index (κ2) is 6.66. The van der Waals surface area contributed by atoms with E-state index in [1.54, 1.807) is 0 Å².